The Labute approximate surface area is 111 Å². The minimum Gasteiger partial charge on any atom is -0.480 e. The molecule has 0 aromatic carbocycles. The van der Waals surface area contributed by atoms with Crippen molar-refractivity contribution in [3.63, 3.8) is 0 Å². The van der Waals surface area contributed by atoms with E-state index in [0.29, 0.717) is 17.9 Å². The number of alkyl halides is 3. The fourth-order valence-corrected chi connectivity index (χ4v) is 3.00. The van der Waals surface area contributed by atoms with Crippen molar-refractivity contribution >= 4 is 22.4 Å². The molecule has 9 heteroatoms. The lowest BCUT2D eigenvalue weighted by molar-refractivity contribution is -0.140. The summed E-state index contributed by atoms with van der Waals surface area (Å²) in [5.41, 5.74) is 0. The van der Waals surface area contributed by atoms with Gasteiger partial charge in [0, 0.05) is 6.54 Å². The van der Waals surface area contributed by atoms with Crippen LogP contribution in [0.3, 0.4) is 0 Å². The normalized spacial score (nSPS) is 24.5. The topological polar surface area (TPSA) is 66.3 Å². The second kappa shape index (κ2) is 4.95. The zero-order valence-corrected chi connectivity index (χ0v) is 10.8. The van der Waals surface area contributed by atoms with Crippen LogP contribution >= 0.6 is 11.3 Å². The van der Waals surface area contributed by atoms with E-state index < -0.39 is 23.2 Å². The van der Waals surface area contributed by atoms with Crippen LogP contribution in [0.15, 0.2) is 0 Å². The predicted octanol–water partition coefficient (Wildman–Crippen LogP) is 2.25. The van der Waals surface area contributed by atoms with Gasteiger partial charge in [0.05, 0.1) is 0 Å². The van der Waals surface area contributed by atoms with Crippen LogP contribution < -0.4 is 4.90 Å². The van der Waals surface area contributed by atoms with Crippen molar-refractivity contribution in [1.82, 2.24) is 10.2 Å². The first-order valence-electron chi connectivity index (χ1n) is 5.71. The van der Waals surface area contributed by atoms with E-state index in [1.54, 1.807) is 6.92 Å². The van der Waals surface area contributed by atoms with Gasteiger partial charge >= 0.3 is 12.1 Å². The number of piperidine rings is 1. The summed E-state index contributed by atoms with van der Waals surface area (Å²) in [6.45, 7) is 2.16. The molecule has 1 fully saturated rings. The predicted molar refractivity (Wildman–Crippen MR) is 62.1 cm³/mol. The van der Waals surface area contributed by atoms with Gasteiger partial charge in [-0.25, -0.2) is 4.79 Å². The number of aliphatic carboxylic acids is 1. The Balaban J connectivity index is 2.28. The van der Waals surface area contributed by atoms with Gasteiger partial charge < -0.3 is 10.0 Å². The van der Waals surface area contributed by atoms with E-state index in [1.165, 1.54) is 4.90 Å². The van der Waals surface area contributed by atoms with Crippen LogP contribution in [-0.2, 0) is 11.0 Å². The van der Waals surface area contributed by atoms with Crippen LogP contribution in [0, 0.1) is 5.92 Å². The molecule has 0 saturated carbocycles. The van der Waals surface area contributed by atoms with Crippen molar-refractivity contribution in [2.75, 3.05) is 11.4 Å². The summed E-state index contributed by atoms with van der Waals surface area (Å²) >= 11 is 0.385. The van der Waals surface area contributed by atoms with Gasteiger partial charge in [-0.3, -0.25) is 0 Å². The monoisotopic (exact) mass is 295 g/mol. The fraction of sp³-hybridized carbons (Fsp3) is 0.700. The summed E-state index contributed by atoms with van der Waals surface area (Å²) in [5, 5.41) is 14.7. The lowest BCUT2D eigenvalue weighted by atomic mass is 9.91. The van der Waals surface area contributed by atoms with Crippen molar-refractivity contribution in [3.05, 3.63) is 5.01 Å². The molecule has 2 rings (SSSR count). The summed E-state index contributed by atoms with van der Waals surface area (Å²) < 4.78 is 37.4. The number of halogens is 3. The highest BCUT2D eigenvalue weighted by molar-refractivity contribution is 7.15. The molecule has 1 saturated heterocycles. The first-order valence-corrected chi connectivity index (χ1v) is 6.52. The molecule has 2 heterocycles. The van der Waals surface area contributed by atoms with Gasteiger partial charge in [0.2, 0.25) is 10.1 Å². The standard InChI is InChI=1S/C10H12F3N3O2S/c1-5-3-2-4-16(6(5)7(17)18)9-15-14-8(19-9)10(11,12)13/h5-6H,2-4H2,1H3,(H,17,18). The molecule has 0 bridgehead atoms. The molecule has 1 aromatic rings. The molecule has 1 aliphatic heterocycles. The van der Waals surface area contributed by atoms with E-state index in [2.05, 4.69) is 10.2 Å². The number of nitrogens with zero attached hydrogens (tertiary/aromatic N) is 3. The van der Waals surface area contributed by atoms with E-state index in [0.717, 1.165) is 12.8 Å². The minimum absolute atomic E-state index is 0.0197. The van der Waals surface area contributed by atoms with Crippen LogP contribution in [0.4, 0.5) is 18.3 Å². The van der Waals surface area contributed by atoms with Gasteiger partial charge in [0.25, 0.3) is 0 Å². The molecule has 1 N–H and O–H groups in total. The largest absolute Gasteiger partial charge is 0.480 e. The maximum Gasteiger partial charge on any atom is 0.445 e. The van der Waals surface area contributed by atoms with Gasteiger partial charge in [-0.2, -0.15) is 13.2 Å². The van der Waals surface area contributed by atoms with Gasteiger partial charge in [-0.05, 0) is 18.8 Å². The molecule has 1 aromatic heterocycles. The number of rotatable bonds is 2. The van der Waals surface area contributed by atoms with E-state index >= 15 is 0 Å². The lowest BCUT2D eigenvalue weighted by Gasteiger charge is -2.36. The molecule has 1 aliphatic rings. The molecule has 19 heavy (non-hydrogen) atoms. The summed E-state index contributed by atoms with van der Waals surface area (Å²) in [5.74, 6) is -1.18. The maximum atomic E-state index is 12.5. The summed E-state index contributed by atoms with van der Waals surface area (Å²) in [4.78, 5) is 12.7. The summed E-state index contributed by atoms with van der Waals surface area (Å²) in [7, 11) is 0. The average molecular weight is 295 g/mol. The van der Waals surface area contributed by atoms with Crippen molar-refractivity contribution in [2.45, 2.75) is 32.0 Å². The van der Waals surface area contributed by atoms with Crippen LogP contribution in [0.25, 0.3) is 0 Å². The van der Waals surface area contributed by atoms with E-state index in [-0.39, 0.29) is 11.0 Å². The second-order valence-electron chi connectivity index (χ2n) is 4.48. The average Bonchev–Trinajstić information content (AvgIpc) is 2.76. The smallest absolute Gasteiger partial charge is 0.445 e. The number of aromatic nitrogens is 2. The summed E-state index contributed by atoms with van der Waals surface area (Å²) in [6, 6.07) is -0.845. The molecule has 0 aliphatic carbocycles. The third-order valence-electron chi connectivity index (χ3n) is 3.09. The van der Waals surface area contributed by atoms with Gasteiger partial charge in [0.15, 0.2) is 0 Å². The van der Waals surface area contributed by atoms with Gasteiger partial charge in [0.1, 0.15) is 6.04 Å². The number of hydrogen-bond acceptors (Lipinski definition) is 5. The first-order chi connectivity index (χ1) is 8.80. The number of carboxylic acids is 1. The quantitative estimate of drug-likeness (QED) is 0.906. The van der Waals surface area contributed by atoms with Crippen molar-refractivity contribution < 1.29 is 23.1 Å². The zero-order chi connectivity index (χ0) is 14.2. The number of hydrogen-bond donors (Lipinski definition) is 1. The number of anilines is 1. The Hall–Kier alpha value is -1.38. The Morgan fingerprint density at radius 3 is 2.68 bits per heavy atom. The molecule has 0 amide bonds. The van der Waals surface area contributed by atoms with E-state index in [9.17, 15) is 23.1 Å². The third kappa shape index (κ3) is 2.80. The molecule has 106 valence electrons. The van der Waals surface area contributed by atoms with Gasteiger partial charge in [-0.15, -0.1) is 10.2 Å². The highest BCUT2D eigenvalue weighted by Gasteiger charge is 2.39. The van der Waals surface area contributed by atoms with Crippen molar-refractivity contribution in [3.8, 4) is 0 Å². The molecule has 0 spiro atoms. The Morgan fingerprint density at radius 1 is 1.47 bits per heavy atom. The highest BCUT2D eigenvalue weighted by atomic mass is 32.1. The third-order valence-corrected chi connectivity index (χ3v) is 4.09. The molecule has 5 nitrogen and oxygen atoms in total. The zero-order valence-electron chi connectivity index (χ0n) is 10.0. The van der Waals surface area contributed by atoms with E-state index in [4.69, 9.17) is 0 Å². The minimum atomic E-state index is -4.55. The highest BCUT2D eigenvalue weighted by Crippen LogP contribution is 2.37. The van der Waals surface area contributed by atoms with Crippen LogP contribution in [0.1, 0.15) is 24.8 Å². The van der Waals surface area contributed by atoms with Crippen LogP contribution in [0.5, 0.6) is 0 Å². The Morgan fingerprint density at radius 2 is 2.16 bits per heavy atom. The molecule has 2 unspecified atom stereocenters. The molecular formula is C10H12F3N3O2S. The van der Waals surface area contributed by atoms with Crippen LogP contribution in [-0.4, -0.2) is 33.9 Å². The second-order valence-corrected chi connectivity index (χ2v) is 5.44. The van der Waals surface area contributed by atoms with Gasteiger partial charge in [-0.1, -0.05) is 18.3 Å². The molecule has 2 atom stereocenters. The first kappa shape index (κ1) is 14.0. The lowest BCUT2D eigenvalue weighted by Crippen LogP contribution is -2.49. The number of carboxylic acid groups (broad SMARTS) is 1. The molecular weight excluding hydrogens is 283 g/mol. The fourth-order valence-electron chi connectivity index (χ4n) is 2.23. The Kier molecular flexibility index (Phi) is 3.66. The van der Waals surface area contributed by atoms with Crippen molar-refractivity contribution in [1.29, 1.82) is 0 Å². The Bertz CT molecular complexity index is 477. The summed E-state index contributed by atoms with van der Waals surface area (Å²) in [6.07, 6.45) is -3.08. The molecule has 0 radical (unpaired) electrons. The van der Waals surface area contributed by atoms with E-state index in [1.807, 2.05) is 0 Å². The van der Waals surface area contributed by atoms with Crippen molar-refractivity contribution in [2.24, 2.45) is 5.92 Å². The maximum absolute atomic E-state index is 12.5. The van der Waals surface area contributed by atoms with Crippen LogP contribution in [0.2, 0.25) is 0 Å². The SMILES string of the molecule is CC1CCCN(c2nnc(C(F)(F)F)s2)C1C(=O)O. The number of carbonyl (C=O) groups is 1.